The molecule has 0 bridgehead atoms. The number of para-hydroxylation sites is 1. The van der Waals surface area contributed by atoms with Gasteiger partial charge >= 0.3 is 0 Å². The predicted molar refractivity (Wildman–Crippen MR) is 87.7 cm³/mol. The monoisotopic (exact) mass is 304 g/mol. The molecule has 1 unspecified atom stereocenters. The molecular weight excluding hydrogens is 284 g/mol. The van der Waals surface area contributed by atoms with Gasteiger partial charge in [-0.15, -0.1) is 11.6 Å². The molecule has 1 atom stereocenters. The molecular formula is C18H21ClO2. The van der Waals surface area contributed by atoms with Crippen molar-refractivity contribution < 1.29 is 9.47 Å². The van der Waals surface area contributed by atoms with Crippen LogP contribution < -0.4 is 9.47 Å². The number of ether oxygens (including phenoxy) is 2. The molecule has 0 saturated heterocycles. The highest BCUT2D eigenvalue weighted by Gasteiger charge is 2.10. The van der Waals surface area contributed by atoms with E-state index in [2.05, 4.69) is 18.2 Å². The minimum Gasteiger partial charge on any atom is -0.497 e. The third kappa shape index (κ3) is 4.68. The molecule has 0 aliphatic rings. The van der Waals surface area contributed by atoms with Crippen LogP contribution in [0.1, 0.15) is 17.5 Å². The van der Waals surface area contributed by atoms with Crippen molar-refractivity contribution in [1.82, 2.24) is 0 Å². The molecule has 0 aliphatic heterocycles. The molecule has 2 rings (SSSR count). The molecule has 0 heterocycles. The van der Waals surface area contributed by atoms with Gasteiger partial charge in [-0.25, -0.2) is 0 Å². The summed E-state index contributed by atoms with van der Waals surface area (Å²) >= 11 is 6.47. The molecule has 112 valence electrons. The fraction of sp³-hybridized carbons (Fsp3) is 0.333. The fourth-order valence-corrected chi connectivity index (χ4v) is 2.60. The van der Waals surface area contributed by atoms with Crippen molar-refractivity contribution in [3.8, 4) is 11.5 Å². The fourth-order valence-electron chi connectivity index (χ4n) is 2.33. The summed E-state index contributed by atoms with van der Waals surface area (Å²) in [6.07, 6.45) is 2.72. The average Bonchev–Trinajstić information content (AvgIpc) is 2.54. The largest absolute Gasteiger partial charge is 0.497 e. The summed E-state index contributed by atoms with van der Waals surface area (Å²) in [5.41, 5.74) is 2.44. The van der Waals surface area contributed by atoms with Crippen LogP contribution in [0, 0.1) is 0 Å². The smallest absolute Gasteiger partial charge is 0.122 e. The van der Waals surface area contributed by atoms with Crippen LogP contribution in [0.25, 0.3) is 0 Å². The van der Waals surface area contributed by atoms with E-state index in [1.807, 2.05) is 30.3 Å². The van der Waals surface area contributed by atoms with Gasteiger partial charge in [-0.2, -0.15) is 0 Å². The van der Waals surface area contributed by atoms with Crippen LogP contribution >= 0.6 is 11.6 Å². The molecule has 3 heteroatoms. The summed E-state index contributed by atoms with van der Waals surface area (Å²) in [6, 6.07) is 16.2. The first kappa shape index (κ1) is 15.7. The summed E-state index contributed by atoms with van der Waals surface area (Å²) in [5.74, 6) is 1.79. The molecule has 0 aliphatic carbocycles. The lowest BCUT2D eigenvalue weighted by Crippen LogP contribution is -2.06. The molecule has 2 nitrogen and oxygen atoms in total. The lowest BCUT2D eigenvalue weighted by Gasteiger charge is -2.12. The van der Waals surface area contributed by atoms with Gasteiger partial charge in [0.2, 0.25) is 0 Å². The van der Waals surface area contributed by atoms with Crippen molar-refractivity contribution in [2.24, 2.45) is 0 Å². The zero-order valence-corrected chi connectivity index (χ0v) is 13.3. The van der Waals surface area contributed by atoms with Gasteiger partial charge in [-0.05, 0) is 48.6 Å². The number of rotatable bonds is 7. The van der Waals surface area contributed by atoms with E-state index < -0.39 is 0 Å². The normalized spacial score (nSPS) is 12.0. The Hall–Kier alpha value is -1.67. The number of methoxy groups -OCH3 is 2. The Bertz CT molecular complexity index is 551. The van der Waals surface area contributed by atoms with E-state index in [-0.39, 0.29) is 5.38 Å². The van der Waals surface area contributed by atoms with Crippen LogP contribution in [-0.2, 0) is 12.8 Å². The Morgan fingerprint density at radius 3 is 2.33 bits per heavy atom. The Morgan fingerprint density at radius 1 is 0.952 bits per heavy atom. The van der Waals surface area contributed by atoms with Gasteiger partial charge in [0.15, 0.2) is 0 Å². The van der Waals surface area contributed by atoms with E-state index >= 15 is 0 Å². The SMILES string of the molecule is COc1ccc(CCC(Cl)Cc2ccccc2OC)cc1. The maximum atomic E-state index is 6.47. The van der Waals surface area contributed by atoms with Crippen LogP contribution in [0.5, 0.6) is 11.5 Å². The van der Waals surface area contributed by atoms with E-state index in [9.17, 15) is 0 Å². The lowest BCUT2D eigenvalue weighted by molar-refractivity contribution is 0.409. The van der Waals surface area contributed by atoms with Gasteiger partial charge in [-0.1, -0.05) is 30.3 Å². The second-order valence-electron chi connectivity index (χ2n) is 5.00. The number of alkyl halides is 1. The summed E-state index contributed by atoms with van der Waals surface area (Å²) in [5, 5.41) is 0.100. The quantitative estimate of drug-likeness (QED) is 0.702. The van der Waals surface area contributed by atoms with Gasteiger partial charge in [0.05, 0.1) is 14.2 Å². The van der Waals surface area contributed by atoms with Gasteiger partial charge in [-0.3, -0.25) is 0 Å². The van der Waals surface area contributed by atoms with Crippen LogP contribution in [-0.4, -0.2) is 19.6 Å². The molecule has 0 amide bonds. The van der Waals surface area contributed by atoms with E-state index in [1.165, 1.54) is 5.56 Å². The Kier molecular flexibility index (Phi) is 5.94. The summed E-state index contributed by atoms with van der Waals surface area (Å²) in [6.45, 7) is 0. The molecule has 0 fully saturated rings. The highest BCUT2D eigenvalue weighted by molar-refractivity contribution is 6.20. The zero-order valence-electron chi connectivity index (χ0n) is 12.5. The van der Waals surface area contributed by atoms with Crippen LogP contribution in [0.4, 0.5) is 0 Å². The third-order valence-corrected chi connectivity index (χ3v) is 3.91. The molecule has 0 aromatic heterocycles. The van der Waals surface area contributed by atoms with E-state index in [1.54, 1.807) is 14.2 Å². The second-order valence-corrected chi connectivity index (χ2v) is 5.62. The minimum absolute atomic E-state index is 0.100. The molecule has 21 heavy (non-hydrogen) atoms. The summed E-state index contributed by atoms with van der Waals surface area (Å²) in [4.78, 5) is 0. The van der Waals surface area contributed by atoms with Crippen molar-refractivity contribution in [2.45, 2.75) is 24.6 Å². The molecule has 2 aromatic carbocycles. The number of aryl methyl sites for hydroxylation is 1. The summed E-state index contributed by atoms with van der Waals surface area (Å²) < 4.78 is 10.5. The van der Waals surface area contributed by atoms with Crippen molar-refractivity contribution in [3.63, 3.8) is 0 Å². The number of halogens is 1. The van der Waals surface area contributed by atoms with Crippen LogP contribution in [0.3, 0.4) is 0 Å². The van der Waals surface area contributed by atoms with Gasteiger partial charge in [0.25, 0.3) is 0 Å². The molecule has 0 spiro atoms. The third-order valence-electron chi connectivity index (χ3n) is 3.54. The number of hydrogen-bond acceptors (Lipinski definition) is 2. The maximum absolute atomic E-state index is 6.47. The van der Waals surface area contributed by atoms with Gasteiger partial charge in [0, 0.05) is 5.38 Å². The molecule has 0 N–H and O–H groups in total. The first-order chi connectivity index (χ1) is 10.2. The van der Waals surface area contributed by atoms with Gasteiger partial charge in [0.1, 0.15) is 11.5 Å². The Balaban J connectivity index is 1.87. The van der Waals surface area contributed by atoms with Crippen LogP contribution in [0.15, 0.2) is 48.5 Å². The summed E-state index contributed by atoms with van der Waals surface area (Å²) in [7, 11) is 3.37. The van der Waals surface area contributed by atoms with Crippen LogP contribution in [0.2, 0.25) is 0 Å². The molecule has 0 saturated carbocycles. The van der Waals surface area contributed by atoms with Crippen molar-refractivity contribution in [3.05, 3.63) is 59.7 Å². The minimum atomic E-state index is 0.100. The highest BCUT2D eigenvalue weighted by atomic mass is 35.5. The first-order valence-electron chi connectivity index (χ1n) is 7.12. The second kappa shape index (κ2) is 7.94. The Morgan fingerprint density at radius 2 is 1.67 bits per heavy atom. The first-order valence-corrected chi connectivity index (χ1v) is 7.55. The van der Waals surface area contributed by atoms with Crippen molar-refractivity contribution in [2.75, 3.05) is 14.2 Å². The number of benzene rings is 2. The highest BCUT2D eigenvalue weighted by Crippen LogP contribution is 2.23. The topological polar surface area (TPSA) is 18.5 Å². The van der Waals surface area contributed by atoms with E-state index in [0.29, 0.717) is 0 Å². The maximum Gasteiger partial charge on any atom is 0.122 e. The Labute approximate surface area is 131 Å². The van der Waals surface area contributed by atoms with E-state index in [0.717, 1.165) is 36.3 Å². The van der Waals surface area contributed by atoms with Gasteiger partial charge < -0.3 is 9.47 Å². The standard InChI is InChI=1S/C18H21ClO2/c1-20-17-11-8-14(9-12-17)7-10-16(19)13-15-5-3-4-6-18(15)21-2/h3-6,8-9,11-12,16H,7,10,13H2,1-2H3. The molecule has 0 radical (unpaired) electrons. The predicted octanol–water partition coefficient (Wildman–Crippen LogP) is 4.49. The molecule has 2 aromatic rings. The van der Waals surface area contributed by atoms with Crippen molar-refractivity contribution in [1.29, 1.82) is 0 Å². The number of hydrogen-bond donors (Lipinski definition) is 0. The average molecular weight is 305 g/mol. The van der Waals surface area contributed by atoms with E-state index in [4.69, 9.17) is 21.1 Å². The zero-order chi connectivity index (χ0) is 15.1. The van der Waals surface area contributed by atoms with Crippen molar-refractivity contribution >= 4 is 11.6 Å². The lowest BCUT2D eigenvalue weighted by atomic mass is 10.0.